The van der Waals surface area contributed by atoms with Crippen LogP contribution in [0.5, 0.6) is 0 Å². The van der Waals surface area contributed by atoms with E-state index >= 15 is 0 Å². The van der Waals surface area contributed by atoms with Gasteiger partial charge in [-0.15, -0.1) is 0 Å². The lowest BCUT2D eigenvalue weighted by Gasteiger charge is -2.15. The van der Waals surface area contributed by atoms with Gasteiger partial charge in [-0.3, -0.25) is 4.79 Å². The van der Waals surface area contributed by atoms with Gasteiger partial charge >= 0.3 is 0 Å². The average molecular weight is 252 g/mol. The fourth-order valence-electron chi connectivity index (χ4n) is 0.731. The van der Waals surface area contributed by atoms with Gasteiger partial charge in [0.05, 0.1) is 4.32 Å². The molecular formula is C9H18BrNO2. The van der Waals surface area contributed by atoms with Gasteiger partial charge < -0.3 is 10.1 Å². The first-order chi connectivity index (χ1) is 5.98. The zero-order valence-corrected chi connectivity index (χ0v) is 10.1. The molecule has 0 saturated carbocycles. The van der Waals surface area contributed by atoms with E-state index < -0.39 is 4.32 Å². The number of hydrogen-bond donors (Lipinski definition) is 1. The van der Waals surface area contributed by atoms with Crippen LogP contribution in [0, 0.1) is 0 Å². The summed E-state index contributed by atoms with van der Waals surface area (Å²) in [5, 5.41) is 2.82. The third-order valence-corrected chi connectivity index (χ3v) is 1.86. The van der Waals surface area contributed by atoms with Crippen molar-refractivity contribution in [2.45, 2.75) is 31.5 Å². The third kappa shape index (κ3) is 7.02. The smallest absolute Gasteiger partial charge is 0.236 e. The maximum absolute atomic E-state index is 11.3. The predicted molar refractivity (Wildman–Crippen MR) is 57.1 cm³/mol. The van der Waals surface area contributed by atoms with Gasteiger partial charge in [0.15, 0.2) is 0 Å². The monoisotopic (exact) mass is 251 g/mol. The Balaban J connectivity index is 3.38. The summed E-state index contributed by atoms with van der Waals surface area (Å²) in [7, 11) is 0. The molecule has 0 rings (SSSR count). The van der Waals surface area contributed by atoms with E-state index in [1.54, 1.807) is 0 Å². The molecule has 0 atom stereocenters. The fourth-order valence-corrected chi connectivity index (χ4v) is 0.871. The molecule has 0 unspecified atom stereocenters. The van der Waals surface area contributed by atoms with Gasteiger partial charge in [-0.05, 0) is 27.2 Å². The van der Waals surface area contributed by atoms with E-state index in [2.05, 4.69) is 21.2 Å². The number of amides is 1. The largest absolute Gasteiger partial charge is 0.382 e. The summed E-state index contributed by atoms with van der Waals surface area (Å²) in [4.78, 5) is 11.3. The van der Waals surface area contributed by atoms with Crippen LogP contribution in [0.25, 0.3) is 0 Å². The van der Waals surface area contributed by atoms with Crippen LogP contribution in [0.4, 0.5) is 0 Å². The van der Waals surface area contributed by atoms with Crippen molar-refractivity contribution in [2.75, 3.05) is 19.8 Å². The van der Waals surface area contributed by atoms with Gasteiger partial charge in [-0.2, -0.15) is 0 Å². The van der Waals surface area contributed by atoms with Crippen LogP contribution in [0.3, 0.4) is 0 Å². The molecule has 78 valence electrons. The van der Waals surface area contributed by atoms with Crippen LogP contribution in [-0.2, 0) is 9.53 Å². The van der Waals surface area contributed by atoms with Crippen LogP contribution in [0.15, 0.2) is 0 Å². The molecule has 0 fully saturated rings. The minimum Gasteiger partial charge on any atom is -0.382 e. The second kappa shape index (κ2) is 6.38. The highest BCUT2D eigenvalue weighted by atomic mass is 79.9. The Labute approximate surface area is 88.4 Å². The van der Waals surface area contributed by atoms with Gasteiger partial charge in [0, 0.05) is 19.8 Å². The molecule has 0 radical (unpaired) electrons. The van der Waals surface area contributed by atoms with Crippen LogP contribution >= 0.6 is 15.9 Å². The van der Waals surface area contributed by atoms with Crippen molar-refractivity contribution >= 4 is 21.8 Å². The third-order valence-electron chi connectivity index (χ3n) is 1.50. The zero-order chi connectivity index (χ0) is 10.3. The number of halogens is 1. The van der Waals surface area contributed by atoms with Gasteiger partial charge in [0.1, 0.15) is 0 Å². The second-order valence-electron chi connectivity index (χ2n) is 3.28. The Kier molecular flexibility index (Phi) is 6.33. The number of rotatable bonds is 6. The summed E-state index contributed by atoms with van der Waals surface area (Å²) in [6, 6.07) is 0. The molecule has 0 aliphatic rings. The highest BCUT2D eigenvalue weighted by Crippen LogP contribution is 2.14. The summed E-state index contributed by atoms with van der Waals surface area (Å²) < 4.78 is 4.66. The molecule has 0 aliphatic carbocycles. The summed E-state index contributed by atoms with van der Waals surface area (Å²) in [5.41, 5.74) is 0. The molecule has 13 heavy (non-hydrogen) atoms. The average Bonchev–Trinajstić information content (AvgIpc) is 2.02. The minimum absolute atomic E-state index is 0.0176. The lowest BCUT2D eigenvalue weighted by Crippen LogP contribution is -2.38. The van der Waals surface area contributed by atoms with Gasteiger partial charge in [0.25, 0.3) is 0 Å². The molecule has 0 aliphatic heterocycles. The Morgan fingerprint density at radius 1 is 1.54 bits per heavy atom. The molecule has 4 heteroatoms. The highest BCUT2D eigenvalue weighted by molar-refractivity contribution is 9.10. The van der Waals surface area contributed by atoms with Gasteiger partial charge in [0.2, 0.25) is 5.91 Å². The minimum atomic E-state index is -0.474. The molecule has 0 bridgehead atoms. The first-order valence-corrected chi connectivity index (χ1v) is 5.32. The number of carbonyl (C=O) groups excluding carboxylic acids is 1. The summed E-state index contributed by atoms with van der Waals surface area (Å²) in [6.07, 6.45) is 0.864. The van der Waals surface area contributed by atoms with E-state index in [4.69, 9.17) is 4.74 Å². The van der Waals surface area contributed by atoms with Crippen LogP contribution in [0.2, 0.25) is 0 Å². The number of carbonyl (C=O) groups is 1. The first-order valence-electron chi connectivity index (χ1n) is 4.53. The van der Waals surface area contributed by atoms with Crippen LogP contribution in [-0.4, -0.2) is 30.0 Å². The topological polar surface area (TPSA) is 38.3 Å². The van der Waals surface area contributed by atoms with E-state index in [0.717, 1.165) is 13.0 Å². The second-order valence-corrected chi connectivity index (χ2v) is 5.26. The first kappa shape index (κ1) is 12.9. The van der Waals surface area contributed by atoms with Crippen molar-refractivity contribution in [3.63, 3.8) is 0 Å². The molecule has 1 N–H and O–H groups in total. The van der Waals surface area contributed by atoms with E-state index in [1.807, 2.05) is 20.8 Å². The van der Waals surface area contributed by atoms with Crippen molar-refractivity contribution in [1.82, 2.24) is 5.32 Å². The Bertz CT molecular complexity index is 154. The van der Waals surface area contributed by atoms with E-state index in [-0.39, 0.29) is 5.91 Å². The zero-order valence-electron chi connectivity index (χ0n) is 8.52. The molecule has 0 aromatic heterocycles. The van der Waals surface area contributed by atoms with Crippen LogP contribution in [0.1, 0.15) is 27.2 Å². The molecule has 0 aromatic carbocycles. The highest BCUT2D eigenvalue weighted by Gasteiger charge is 2.22. The summed E-state index contributed by atoms with van der Waals surface area (Å²) >= 11 is 3.28. The van der Waals surface area contributed by atoms with Crippen molar-refractivity contribution in [3.05, 3.63) is 0 Å². The quantitative estimate of drug-likeness (QED) is 0.577. The van der Waals surface area contributed by atoms with E-state index in [9.17, 15) is 4.79 Å². The number of hydrogen-bond acceptors (Lipinski definition) is 2. The Morgan fingerprint density at radius 3 is 2.62 bits per heavy atom. The maximum Gasteiger partial charge on any atom is 0.236 e. The van der Waals surface area contributed by atoms with E-state index in [0.29, 0.717) is 13.2 Å². The SMILES string of the molecule is CCOCCCNC(=O)C(C)(C)Br. The maximum atomic E-state index is 11.3. The van der Waals surface area contributed by atoms with Crippen molar-refractivity contribution < 1.29 is 9.53 Å². The molecule has 3 nitrogen and oxygen atoms in total. The molecule has 1 amide bonds. The fraction of sp³-hybridized carbons (Fsp3) is 0.889. The molecule has 0 saturated heterocycles. The molecule has 0 heterocycles. The summed E-state index contributed by atoms with van der Waals surface area (Å²) in [5.74, 6) is 0.0176. The number of alkyl halides is 1. The van der Waals surface area contributed by atoms with Gasteiger partial charge in [-0.25, -0.2) is 0 Å². The summed E-state index contributed by atoms with van der Waals surface area (Å²) in [6.45, 7) is 7.72. The lowest BCUT2D eigenvalue weighted by molar-refractivity contribution is -0.122. The van der Waals surface area contributed by atoms with E-state index in [1.165, 1.54) is 0 Å². The normalized spacial score (nSPS) is 11.4. The molecular weight excluding hydrogens is 234 g/mol. The van der Waals surface area contributed by atoms with Crippen molar-refractivity contribution in [3.8, 4) is 0 Å². The standard InChI is InChI=1S/C9H18BrNO2/c1-4-13-7-5-6-11-8(12)9(2,3)10/h4-7H2,1-3H3,(H,11,12). The lowest BCUT2D eigenvalue weighted by atomic mass is 10.2. The molecule has 0 spiro atoms. The van der Waals surface area contributed by atoms with Crippen LogP contribution < -0.4 is 5.32 Å². The van der Waals surface area contributed by atoms with Crippen molar-refractivity contribution in [1.29, 1.82) is 0 Å². The predicted octanol–water partition coefficient (Wildman–Crippen LogP) is 1.70. The Hall–Kier alpha value is -0.0900. The number of nitrogens with one attached hydrogen (secondary N) is 1. The Morgan fingerprint density at radius 2 is 2.15 bits per heavy atom. The van der Waals surface area contributed by atoms with Crippen molar-refractivity contribution in [2.24, 2.45) is 0 Å². The van der Waals surface area contributed by atoms with Gasteiger partial charge in [-0.1, -0.05) is 15.9 Å². The number of ether oxygens (including phenoxy) is 1. The molecule has 0 aromatic rings.